The van der Waals surface area contributed by atoms with Crippen molar-refractivity contribution in [2.24, 2.45) is 5.41 Å². The summed E-state index contributed by atoms with van der Waals surface area (Å²) in [5.74, 6) is -0.0112. The molecule has 0 radical (unpaired) electrons. The van der Waals surface area contributed by atoms with E-state index < -0.39 is 0 Å². The number of alkyl halides is 1. The van der Waals surface area contributed by atoms with Crippen LogP contribution in [0.5, 0.6) is 0 Å². The Hall–Kier alpha value is -0.0500. The number of halogens is 1. The van der Waals surface area contributed by atoms with E-state index in [0.29, 0.717) is 13.0 Å². The molecular formula is C19H37BrO2. The van der Waals surface area contributed by atoms with Crippen molar-refractivity contribution in [3.05, 3.63) is 0 Å². The lowest BCUT2D eigenvalue weighted by Gasteiger charge is -2.24. The quantitative estimate of drug-likeness (QED) is 0.181. The van der Waals surface area contributed by atoms with Gasteiger partial charge in [-0.25, -0.2) is 0 Å². The number of esters is 1. The molecule has 0 unspecified atom stereocenters. The van der Waals surface area contributed by atoms with Gasteiger partial charge < -0.3 is 4.74 Å². The molecule has 0 fully saturated rings. The lowest BCUT2D eigenvalue weighted by molar-refractivity contribution is -0.147. The summed E-state index contributed by atoms with van der Waals surface area (Å²) in [6.07, 6.45) is 14.1. The summed E-state index contributed by atoms with van der Waals surface area (Å²) in [6, 6.07) is 0. The third-order valence-corrected chi connectivity index (χ3v) is 4.66. The van der Waals surface area contributed by atoms with E-state index in [4.69, 9.17) is 4.74 Å². The summed E-state index contributed by atoms with van der Waals surface area (Å²) < 4.78 is 5.47. The Morgan fingerprint density at radius 2 is 1.50 bits per heavy atom. The molecule has 0 saturated heterocycles. The second kappa shape index (κ2) is 14.5. The molecule has 0 aromatic heterocycles. The molecule has 0 heterocycles. The number of carbonyl (C=O) groups excluding carboxylic acids is 1. The predicted octanol–water partition coefficient (Wildman–Crippen LogP) is 6.65. The van der Waals surface area contributed by atoms with Gasteiger partial charge in [0.2, 0.25) is 0 Å². The highest BCUT2D eigenvalue weighted by atomic mass is 79.9. The third kappa shape index (κ3) is 14.9. The molecule has 132 valence electrons. The Kier molecular flexibility index (Phi) is 14.5. The van der Waals surface area contributed by atoms with E-state index in [1.807, 2.05) is 0 Å². The summed E-state index contributed by atoms with van der Waals surface area (Å²) in [7, 11) is 0. The van der Waals surface area contributed by atoms with Crippen LogP contribution in [0.25, 0.3) is 0 Å². The first kappa shape index (κ1) is 21.9. The van der Waals surface area contributed by atoms with Crippen LogP contribution in [0.3, 0.4) is 0 Å². The molecule has 0 aliphatic carbocycles. The fourth-order valence-corrected chi connectivity index (χ4v) is 2.92. The van der Waals surface area contributed by atoms with Gasteiger partial charge in [0.05, 0.1) is 6.61 Å². The number of ether oxygens (including phenoxy) is 1. The molecule has 0 aliphatic rings. The summed E-state index contributed by atoms with van der Waals surface area (Å²) in [5, 5.41) is 1.10. The molecule has 0 aromatic rings. The zero-order valence-electron chi connectivity index (χ0n) is 15.1. The highest BCUT2D eigenvalue weighted by Gasteiger charge is 2.19. The Bertz CT molecular complexity index is 264. The van der Waals surface area contributed by atoms with Gasteiger partial charge in [0.25, 0.3) is 0 Å². The maximum Gasteiger partial charge on any atom is 0.305 e. The Morgan fingerprint density at radius 1 is 0.909 bits per heavy atom. The van der Waals surface area contributed by atoms with E-state index in [2.05, 4.69) is 36.7 Å². The van der Waals surface area contributed by atoms with E-state index in [-0.39, 0.29) is 11.4 Å². The van der Waals surface area contributed by atoms with Crippen molar-refractivity contribution in [1.29, 1.82) is 0 Å². The van der Waals surface area contributed by atoms with Crippen molar-refractivity contribution >= 4 is 21.9 Å². The van der Waals surface area contributed by atoms with Gasteiger partial charge in [0, 0.05) is 11.8 Å². The number of rotatable bonds is 15. The number of unbranched alkanes of at least 4 members (excludes halogenated alkanes) is 8. The van der Waals surface area contributed by atoms with E-state index in [9.17, 15) is 4.79 Å². The number of hydrogen-bond donors (Lipinski definition) is 0. The van der Waals surface area contributed by atoms with Crippen molar-refractivity contribution in [2.45, 2.75) is 97.8 Å². The van der Waals surface area contributed by atoms with E-state index in [1.54, 1.807) is 0 Å². The number of carbonyl (C=O) groups is 1. The summed E-state index contributed by atoms with van der Waals surface area (Å²) >= 11 is 3.46. The molecule has 0 aliphatic heterocycles. The topological polar surface area (TPSA) is 26.3 Å². The molecular weight excluding hydrogens is 340 g/mol. The van der Waals surface area contributed by atoms with Gasteiger partial charge in [0.1, 0.15) is 0 Å². The monoisotopic (exact) mass is 376 g/mol. The second-order valence-electron chi connectivity index (χ2n) is 7.20. The molecule has 0 bridgehead atoms. The maximum absolute atomic E-state index is 11.8. The van der Waals surface area contributed by atoms with Crippen molar-refractivity contribution in [3.8, 4) is 0 Å². The van der Waals surface area contributed by atoms with Crippen LogP contribution in [-0.4, -0.2) is 17.9 Å². The predicted molar refractivity (Wildman–Crippen MR) is 99.6 cm³/mol. The van der Waals surface area contributed by atoms with Gasteiger partial charge in [-0.2, -0.15) is 0 Å². The minimum atomic E-state index is -0.0112. The van der Waals surface area contributed by atoms with Crippen molar-refractivity contribution < 1.29 is 9.53 Å². The molecule has 0 spiro atoms. The summed E-state index contributed by atoms with van der Waals surface area (Å²) in [5.41, 5.74) is 0.116. The van der Waals surface area contributed by atoms with E-state index in [0.717, 1.165) is 24.6 Å². The smallest absolute Gasteiger partial charge is 0.305 e. The molecule has 0 rings (SSSR count). The van der Waals surface area contributed by atoms with Crippen LogP contribution in [0, 0.1) is 5.41 Å². The van der Waals surface area contributed by atoms with Crippen LogP contribution in [0.4, 0.5) is 0 Å². The molecule has 0 saturated carbocycles. The van der Waals surface area contributed by atoms with Crippen LogP contribution in [0.1, 0.15) is 97.8 Å². The van der Waals surface area contributed by atoms with Gasteiger partial charge in [-0.05, 0) is 24.7 Å². The van der Waals surface area contributed by atoms with Crippen LogP contribution in [0.2, 0.25) is 0 Å². The van der Waals surface area contributed by atoms with Crippen molar-refractivity contribution in [1.82, 2.24) is 0 Å². The number of hydrogen-bond acceptors (Lipinski definition) is 2. The Morgan fingerprint density at radius 3 is 2.18 bits per heavy atom. The van der Waals surface area contributed by atoms with Crippen LogP contribution in [0.15, 0.2) is 0 Å². The zero-order chi connectivity index (χ0) is 16.7. The highest BCUT2D eigenvalue weighted by Crippen LogP contribution is 2.24. The largest absolute Gasteiger partial charge is 0.465 e. The first-order valence-corrected chi connectivity index (χ1v) is 10.4. The maximum atomic E-state index is 11.8. The Labute approximate surface area is 146 Å². The Balaban J connectivity index is 3.56. The van der Waals surface area contributed by atoms with Gasteiger partial charge in [-0.1, -0.05) is 88.1 Å². The minimum absolute atomic E-state index is 0.0112. The second-order valence-corrected chi connectivity index (χ2v) is 7.99. The SMILES string of the molecule is CCCCCCCCC(=O)OCC(C)(C)CCCCCCBr. The average molecular weight is 377 g/mol. The van der Waals surface area contributed by atoms with Gasteiger partial charge in [0.15, 0.2) is 0 Å². The van der Waals surface area contributed by atoms with Gasteiger partial charge in [-0.3, -0.25) is 4.79 Å². The molecule has 0 amide bonds. The fourth-order valence-electron chi connectivity index (χ4n) is 2.52. The molecule has 0 aromatic carbocycles. The molecule has 0 atom stereocenters. The van der Waals surface area contributed by atoms with Gasteiger partial charge >= 0.3 is 5.97 Å². The normalized spacial score (nSPS) is 11.6. The zero-order valence-corrected chi connectivity index (χ0v) is 16.7. The van der Waals surface area contributed by atoms with Gasteiger partial charge in [-0.15, -0.1) is 0 Å². The minimum Gasteiger partial charge on any atom is -0.465 e. The summed E-state index contributed by atoms with van der Waals surface area (Å²) in [6.45, 7) is 7.20. The first-order valence-electron chi connectivity index (χ1n) is 9.23. The average Bonchev–Trinajstić information content (AvgIpc) is 2.48. The van der Waals surface area contributed by atoms with E-state index in [1.165, 1.54) is 51.4 Å². The lowest BCUT2D eigenvalue weighted by atomic mass is 9.88. The lowest BCUT2D eigenvalue weighted by Crippen LogP contribution is -2.21. The van der Waals surface area contributed by atoms with Crippen LogP contribution in [-0.2, 0) is 9.53 Å². The summed E-state index contributed by atoms with van der Waals surface area (Å²) in [4.78, 5) is 11.8. The van der Waals surface area contributed by atoms with E-state index >= 15 is 0 Å². The molecule has 2 nitrogen and oxygen atoms in total. The van der Waals surface area contributed by atoms with Crippen LogP contribution < -0.4 is 0 Å². The molecule has 0 N–H and O–H groups in total. The fraction of sp³-hybridized carbons (Fsp3) is 0.947. The highest BCUT2D eigenvalue weighted by molar-refractivity contribution is 9.09. The molecule has 22 heavy (non-hydrogen) atoms. The molecule has 3 heteroatoms. The third-order valence-electron chi connectivity index (χ3n) is 4.10. The van der Waals surface area contributed by atoms with Crippen molar-refractivity contribution in [3.63, 3.8) is 0 Å². The first-order chi connectivity index (χ1) is 10.5. The van der Waals surface area contributed by atoms with Crippen LogP contribution >= 0.6 is 15.9 Å². The van der Waals surface area contributed by atoms with Crippen molar-refractivity contribution in [2.75, 3.05) is 11.9 Å². The standard InChI is InChI=1S/C19H37BrO2/c1-4-5-6-7-8-11-14-18(21)22-17-19(2,3)15-12-9-10-13-16-20/h4-17H2,1-3H3.